The molecule has 0 radical (unpaired) electrons. The van der Waals surface area contributed by atoms with Crippen molar-refractivity contribution in [3.8, 4) is 0 Å². The van der Waals surface area contributed by atoms with Gasteiger partial charge < -0.3 is 15.1 Å². The molecule has 7 nitrogen and oxygen atoms in total. The molecular weight excluding hydrogens is 318 g/mol. The van der Waals surface area contributed by atoms with Crippen molar-refractivity contribution >= 4 is 17.6 Å². The number of carbonyl (C=O) groups is 2. The van der Waals surface area contributed by atoms with E-state index in [2.05, 4.69) is 20.2 Å². The van der Waals surface area contributed by atoms with Crippen molar-refractivity contribution in [2.24, 2.45) is 0 Å². The number of anilines is 1. The van der Waals surface area contributed by atoms with Crippen molar-refractivity contribution in [2.45, 2.75) is 6.42 Å². The largest absolute Gasteiger partial charge is 0.353 e. The second-order valence-corrected chi connectivity index (χ2v) is 5.80. The number of nitrogens with one attached hydrogen (secondary N) is 1. The molecular formula is C18H21N5O2. The fourth-order valence-electron chi connectivity index (χ4n) is 2.77. The van der Waals surface area contributed by atoms with E-state index in [1.165, 1.54) is 6.20 Å². The van der Waals surface area contributed by atoms with Gasteiger partial charge in [0.25, 0.3) is 5.91 Å². The van der Waals surface area contributed by atoms with Gasteiger partial charge in [-0.05, 0) is 24.3 Å². The first-order valence-corrected chi connectivity index (χ1v) is 8.36. The van der Waals surface area contributed by atoms with E-state index in [-0.39, 0.29) is 11.8 Å². The fraction of sp³-hybridized carbons (Fsp3) is 0.333. The minimum atomic E-state index is -0.208. The van der Waals surface area contributed by atoms with Gasteiger partial charge in [-0.15, -0.1) is 0 Å². The maximum Gasteiger partial charge on any atom is 0.252 e. The van der Waals surface area contributed by atoms with Gasteiger partial charge in [-0.3, -0.25) is 14.6 Å². The molecule has 0 aromatic carbocycles. The fourth-order valence-corrected chi connectivity index (χ4v) is 2.77. The Morgan fingerprint density at radius 1 is 1.04 bits per heavy atom. The molecule has 0 aliphatic carbocycles. The number of amides is 2. The third-order valence-corrected chi connectivity index (χ3v) is 4.15. The van der Waals surface area contributed by atoms with Gasteiger partial charge in [-0.2, -0.15) is 0 Å². The second-order valence-electron chi connectivity index (χ2n) is 5.80. The molecule has 2 aromatic heterocycles. The Morgan fingerprint density at radius 2 is 1.88 bits per heavy atom. The van der Waals surface area contributed by atoms with Crippen LogP contribution in [0.2, 0.25) is 0 Å². The van der Waals surface area contributed by atoms with E-state index in [1.807, 2.05) is 23.1 Å². The maximum atomic E-state index is 12.3. The lowest BCUT2D eigenvalue weighted by molar-refractivity contribution is -0.131. The zero-order chi connectivity index (χ0) is 17.5. The summed E-state index contributed by atoms with van der Waals surface area (Å²) in [6.45, 7) is 3.21. The summed E-state index contributed by atoms with van der Waals surface area (Å²) in [5.74, 6) is 0.798. The van der Waals surface area contributed by atoms with Crippen LogP contribution >= 0.6 is 0 Å². The molecule has 1 fully saturated rings. The van der Waals surface area contributed by atoms with E-state index in [0.29, 0.717) is 31.6 Å². The highest BCUT2D eigenvalue weighted by atomic mass is 16.2. The van der Waals surface area contributed by atoms with Crippen molar-refractivity contribution < 1.29 is 9.59 Å². The molecule has 1 N–H and O–H groups in total. The smallest absolute Gasteiger partial charge is 0.252 e. The maximum absolute atomic E-state index is 12.3. The Bertz CT molecular complexity index is 700. The van der Waals surface area contributed by atoms with Crippen LogP contribution in [0.15, 0.2) is 48.9 Å². The Kier molecular flexibility index (Phi) is 5.56. The lowest BCUT2D eigenvalue weighted by Gasteiger charge is -2.35. The van der Waals surface area contributed by atoms with E-state index in [9.17, 15) is 9.59 Å². The Balaban J connectivity index is 1.40. The number of hydrogen-bond donors (Lipinski definition) is 1. The van der Waals surface area contributed by atoms with E-state index >= 15 is 0 Å². The molecule has 0 bridgehead atoms. The molecule has 25 heavy (non-hydrogen) atoms. The molecule has 2 aromatic rings. The molecule has 1 aliphatic heterocycles. The Hall–Kier alpha value is -2.96. The summed E-state index contributed by atoms with van der Waals surface area (Å²) in [5, 5.41) is 2.76. The molecule has 2 amide bonds. The van der Waals surface area contributed by atoms with Gasteiger partial charge in [0.15, 0.2) is 0 Å². The van der Waals surface area contributed by atoms with E-state index in [1.54, 1.807) is 24.5 Å². The molecule has 1 saturated heterocycles. The standard InChI is InChI=1S/C18H21N5O2/c24-17(6-9-21-18(25)15-4-3-7-19-14-15)23-12-10-22(11-13-23)16-5-1-2-8-20-16/h1-5,7-8,14H,6,9-13H2,(H,21,25). The SMILES string of the molecule is O=C(NCCC(=O)N1CCN(c2ccccn2)CC1)c1cccnc1. The van der Waals surface area contributed by atoms with Crippen LogP contribution in [-0.2, 0) is 4.79 Å². The van der Waals surface area contributed by atoms with Gasteiger partial charge in [0, 0.05) is 57.7 Å². The van der Waals surface area contributed by atoms with Crippen LogP contribution in [0.4, 0.5) is 5.82 Å². The lowest BCUT2D eigenvalue weighted by Crippen LogP contribution is -2.49. The van der Waals surface area contributed by atoms with E-state index < -0.39 is 0 Å². The lowest BCUT2D eigenvalue weighted by atomic mass is 10.2. The van der Waals surface area contributed by atoms with Gasteiger partial charge in [-0.25, -0.2) is 4.98 Å². The van der Waals surface area contributed by atoms with Crippen LogP contribution in [-0.4, -0.2) is 59.4 Å². The molecule has 0 atom stereocenters. The number of aromatic nitrogens is 2. The van der Waals surface area contributed by atoms with Crippen molar-refractivity contribution in [3.63, 3.8) is 0 Å². The summed E-state index contributed by atoms with van der Waals surface area (Å²) < 4.78 is 0. The van der Waals surface area contributed by atoms with Crippen LogP contribution in [0, 0.1) is 0 Å². The number of carbonyl (C=O) groups excluding carboxylic acids is 2. The summed E-state index contributed by atoms with van der Waals surface area (Å²) in [4.78, 5) is 36.5. The van der Waals surface area contributed by atoms with E-state index in [0.717, 1.165) is 18.9 Å². The monoisotopic (exact) mass is 339 g/mol. The first kappa shape index (κ1) is 16.9. The number of pyridine rings is 2. The highest BCUT2D eigenvalue weighted by Gasteiger charge is 2.21. The quantitative estimate of drug-likeness (QED) is 0.877. The van der Waals surface area contributed by atoms with E-state index in [4.69, 9.17) is 0 Å². The molecule has 0 saturated carbocycles. The van der Waals surface area contributed by atoms with Crippen molar-refractivity contribution in [2.75, 3.05) is 37.6 Å². The number of hydrogen-bond acceptors (Lipinski definition) is 5. The summed E-state index contributed by atoms with van der Waals surface area (Å²) in [6.07, 6.45) is 5.20. The van der Waals surface area contributed by atoms with Gasteiger partial charge in [0.05, 0.1) is 5.56 Å². The third-order valence-electron chi connectivity index (χ3n) is 4.15. The predicted octanol–water partition coefficient (Wildman–Crippen LogP) is 0.945. The minimum absolute atomic E-state index is 0.0622. The van der Waals surface area contributed by atoms with Crippen LogP contribution in [0.3, 0.4) is 0 Å². The molecule has 3 heterocycles. The molecule has 7 heteroatoms. The van der Waals surface area contributed by atoms with Crippen LogP contribution < -0.4 is 10.2 Å². The summed E-state index contributed by atoms with van der Waals surface area (Å²) in [5.41, 5.74) is 0.499. The summed E-state index contributed by atoms with van der Waals surface area (Å²) >= 11 is 0. The predicted molar refractivity (Wildman–Crippen MR) is 94.2 cm³/mol. The molecule has 0 unspecified atom stereocenters. The van der Waals surface area contributed by atoms with Crippen LogP contribution in [0.25, 0.3) is 0 Å². The number of piperazine rings is 1. The highest BCUT2D eigenvalue weighted by Crippen LogP contribution is 2.12. The molecule has 130 valence electrons. The van der Waals surface area contributed by atoms with Crippen molar-refractivity contribution in [3.05, 3.63) is 54.5 Å². The highest BCUT2D eigenvalue weighted by molar-refractivity contribution is 5.94. The zero-order valence-corrected chi connectivity index (χ0v) is 14.0. The normalized spacial score (nSPS) is 14.2. The zero-order valence-electron chi connectivity index (χ0n) is 14.0. The van der Waals surface area contributed by atoms with Crippen molar-refractivity contribution in [1.82, 2.24) is 20.2 Å². The Morgan fingerprint density at radius 3 is 2.56 bits per heavy atom. The summed E-state index contributed by atoms with van der Waals surface area (Å²) in [7, 11) is 0. The van der Waals surface area contributed by atoms with Crippen LogP contribution in [0.5, 0.6) is 0 Å². The molecule has 3 rings (SSSR count). The van der Waals surface area contributed by atoms with Gasteiger partial charge in [0.1, 0.15) is 5.82 Å². The minimum Gasteiger partial charge on any atom is -0.353 e. The first-order valence-electron chi connectivity index (χ1n) is 8.36. The second kappa shape index (κ2) is 8.23. The topological polar surface area (TPSA) is 78.4 Å². The number of rotatable bonds is 5. The average molecular weight is 339 g/mol. The van der Waals surface area contributed by atoms with Gasteiger partial charge >= 0.3 is 0 Å². The average Bonchev–Trinajstić information content (AvgIpc) is 2.69. The third kappa shape index (κ3) is 4.53. The Labute approximate surface area is 146 Å². The van der Waals surface area contributed by atoms with Crippen molar-refractivity contribution in [1.29, 1.82) is 0 Å². The van der Waals surface area contributed by atoms with Gasteiger partial charge in [-0.1, -0.05) is 6.07 Å². The molecule has 1 aliphatic rings. The molecule has 0 spiro atoms. The first-order chi connectivity index (χ1) is 12.2. The van der Waals surface area contributed by atoms with Crippen LogP contribution in [0.1, 0.15) is 16.8 Å². The number of nitrogens with zero attached hydrogens (tertiary/aromatic N) is 4. The summed E-state index contributed by atoms with van der Waals surface area (Å²) in [6, 6.07) is 9.24. The van der Waals surface area contributed by atoms with Gasteiger partial charge in [0.2, 0.25) is 5.91 Å².